The molecule has 0 saturated carbocycles. The van der Waals surface area contributed by atoms with E-state index in [1.165, 1.54) is 93.5 Å². The number of rotatable bonds is 5. The lowest BCUT2D eigenvalue weighted by molar-refractivity contribution is 1.51. The molecule has 0 aliphatic heterocycles. The largest absolute Gasteiger partial charge is 0.0622 e. The van der Waals surface area contributed by atoms with Crippen molar-refractivity contribution in [2.75, 3.05) is 0 Å². The lowest BCUT2D eigenvalue weighted by Crippen LogP contribution is -1.95. The van der Waals surface area contributed by atoms with E-state index < -0.39 is 0 Å². The zero-order valence-electron chi connectivity index (χ0n) is 27.4. The summed E-state index contributed by atoms with van der Waals surface area (Å²) in [7, 11) is 0. The monoisotopic (exact) mass is 622 g/mol. The lowest BCUT2D eigenvalue weighted by atomic mass is 9.81. The fourth-order valence-electron chi connectivity index (χ4n) is 7.60. The van der Waals surface area contributed by atoms with Crippen LogP contribution < -0.4 is 0 Å². The van der Waals surface area contributed by atoms with Crippen molar-refractivity contribution in [3.05, 3.63) is 194 Å². The summed E-state index contributed by atoms with van der Waals surface area (Å²) in [4.78, 5) is 0. The molecular formula is C49H34. The van der Waals surface area contributed by atoms with E-state index in [1.54, 1.807) is 0 Å². The highest BCUT2D eigenvalue weighted by Crippen LogP contribution is 2.48. The summed E-state index contributed by atoms with van der Waals surface area (Å²) < 4.78 is 0. The normalized spacial score (nSPS) is 11.4. The van der Waals surface area contributed by atoms with Crippen molar-refractivity contribution in [3.63, 3.8) is 0 Å². The van der Waals surface area contributed by atoms with Crippen LogP contribution >= 0.6 is 0 Å². The van der Waals surface area contributed by atoms with Crippen LogP contribution in [-0.2, 0) is 0 Å². The molecule has 0 heterocycles. The SMILES string of the molecule is Cc1ccc2c(-c3ccccc3-c3ccc(-c4ccccc4)cc3)c3ccccc3c(-c3cc4ccccc4cc3-c3ccccc3)c2c1. The van der Waals surface area contributed by atoms with Crippen molar-refractivity contribution < 1.29 is 0 Å². The summed E-state index contributed by atoms with van der Waals surface area (Å²) in [6.45, 7) is 2.21. The molecule has 9 aromatic carbocycles. The summed E-state index contributed by atoms with van der Waals surface area (Å²) in [5, 5.41) is 7.55. The number of hydrogen-bond donors (Lipinski definition) is 0. The first-order valence-corrected chi connectivity index (χ1v) is 17.0. The van der Waals surface area contributed by atoms with Crippen LogP contribution in [0.4, 0.5) is 0 Å². The molecule has 0 unspecified atom stereocenters. The van der Waals surface area contributed by atoms with Crippen LogP contribution in [0.5, 0.6) is 0 Å². The van der Waals surface area contributed by atoms with Gasteiger partial charge < -0.3 is 0 Å². The van der Waals surface area contributed by atoms with E-state index in [4.69, 9.17) is 0 Å². The molecule has 0 atom stereocenters. The van der Waals surface area contributed by atoms with E-state index in [1.807, 2.05) is 0 Å². The molecule has 0 aromatic heterocycles. The first-order valence-electron chi connectivity index (χ1n) is 17.0. The average molecular weight is 623 g/mol. The second kappa shape index (κ2) is 12.1. The van der Waals surface area contributed by atoms with Crippen molar-refractivity contribution in [1.29, 1.82) is 0 Å². The first kappa shape index (κ1) is 28.9. The summed E-state index contributed by atoms with van der Waals surface area (Å²) in [6.07, 6.45) is 0. The number of hydrogen-bond acceptors (Lipinski definition) is 0. The third-order valence-electron chi connectivity index (χ3n) is 9.92. The molecular weight excluding hydrogens is 589 g/mol. The minimum atomic E-state index is 1.21. The highest BCUT2D eigenvalue weighted by molar-refractivity contribution is 6.24. The van der Waals surface area contributed by atoms with E-state index in [0.29, 0.717) is 0 Å². The smallest absolute Gasteiger partial charge is 0.00198 e. The van der Waals surface area contributed by atoms with Gasteiger partial charge in [0, 0.05) is 0 Å². The van der Waals surface area contributed by atoms with Gasteiger partial charge in [0.05, 0.1) is 0 Å². The van der Waals surface area contributed by atoms with Crippen molar-refractivity contribution >= 4 is 32.3 Å². The predicted octanol–water partition coefficient (Wildman–Crippen LogP) is 13.8. The van der Waals surface area contributed by atoms with Crippen LogP contribution in [0, 0.1) is 6.92 Å². The minimum absolute atomic E-state index is 1.21. The maximum atomic E-state index is 2.41. The molecule has 0 heteroatoms. The van der Waals surface area contributed by atoms with Crippen molar-refractivity contribution in [2.24, 2.45) is 0 Å². The Morgan fingerprint density at radius 3 is 1.39 bits per heavy atom. The second-order valence-corrected chi connectivity index (χ2v) is 12.9. The van der Waals surface area contributed by atoms with Crippen LogP contribution in [0.3, 0.4) is 0 Å². The Bertz CT molecular complexity index is 2630. The molecule has 0 fully saturated rings. The molecule has 0 nitrogen and oxygen atoms in total. The van der Waals surface area contributed by atoms with Gasteiger partial charge in [0.2, 0.25) is 0 Å². The topological polar surface area (TPSA) is 0 Å². The zero-order chi connectivity index (χ0) is 32.7. The molecule has 230 valence electrons. The number of benzene rings is 9. The van der Waals surface area contributed by atoms with Gasteiger partial charge in [-0.15, -0.1) is 0 Å². The van der Waals surface area contributed by atoms with Gasteiger partial charge in [-0.05, 0) is 107 Å². The van der Waals surface area contributed by atoms with Crippen molar-refractivity contribution in [2.45, 2.75) is 6.92 Å². The van der Waals surface area contributed by atoms with E-state index in [-0.39, 0.29) is 0 Å². The van der Waals surface area contributed by atoms with Gasteiger partial charge in [0.25, 0.3) is 0 Å². The van der Waals surface area contributed by atoms with Gasteiger partial charge in [-0.3, -0.25) is 0 Å². The van der Waals surface area contributed by atoms with Gasteiger partial charge in [0.1, 0.15) is 0 Å². The lowest BCUT2D eigenvalue weighted by Gasteiger charge is -2.22. The van der Waals surface area contributed by atoms with E-state index in [0.717, 1.165) is 0 Å². The fourth-order valence-corrected chi connectivity index (χ4v) is 7.60. The maximum Gasteiger partial charge on any atom is -0.00198 e. The molecule has 9 rings (SSSR count). The molecule has 0 aliphatic rings. The van der Waals surface area contributed by atoms with Gasteiger partial charge in [-0.1, -0.05) is 181 Å². The molecule has 0 spiro atoms. The van der Waals surface area contributed by atoms with Crippen LogP contribution in [0.25, 0.3) is 88.0 Å². The quantitative estimate of drug-likeness (QED) is 0.168. The molecule has 9 aromatic rings. The van der Waals surface area contributed by atoms with Gasteiger partial charge in [0.15, 0.2) is 0 Å². The minimum Gasteiger partial charge on any atom is -0.0622 e. The van der Waals surface area contributed by atoms with Crippen LogP contribution in [0.1, 0.15) is 5.56 Å². The molecule has 49 heavy (non-hydrogen) atoms. The fraction of sp³-hybridized carbons (Fsp3) is 0.0204. The molecule has 0 bridgehead atoms. The Morgan fingerprint density at radius 1 is 0.265 bits per heavy atom. The average Bonchev–Trinajstić information content (AvgIpc) is 3.17. The Kier molecular flexibility index (Phi) is 7.14. The van der Waals surface area contributed by atoms with Gasteiger partial charge >= 0.3 is 0 Å². The zero-order valence-corrected chi connectivity index (χ0v) is 27.4. The van der Waals surface area contributed by atoms with E-state index >= 15 is 0 Å². The number of fused-ring (bicyclic) bond motifs is 3. The van der Waals surface area contributed by atoms with Gasteiger partial charge in [-0.2, -0.15) is 0 Å². The number of aryl methyl sites for hydroxylation is 1. The maximum absolute atomic E-state index is 2.41. The Labute approximate surface area is 287 Å². The standard InChI is InChI=1S/C49H34/c1-33-24-29-44-46(30-33)49(47-32-39-19-9-8-18-38(39)31-45(47)36-16-6-3-7-17-36)43-23-13-12-22-42(43)48(44)41-21-11-10-20-40(41)37-27-25-35(26-28-37)34-14-4-2-5-15-34/h2-32H,1H3. The Balaban J connectivity index is 1.34. The molecule has 0 radical (unpaired) electrons. The van der Waals surface area contributed by atoms with E-state index in [2.05, 4.69) is 195 Å². The summed E-state index contributed by atoms with van der Waals surface area (Å²) in [5.74, 6) is 0. The van der Waals surface area contributed by atoms with Crippen molar-refractivity contribution in [1.82, 2.24) is 0 Å². The molecule has 0 amide bonds. The summed E-state index contributed by atoms with van der Waals surface area (Å²) in [6, 6.07) is 68.9. The first-order chi connectivity index (χ1) is 24.2. The highest BCUT2D eigenvalue weighted by atomic mass is 14.2. The third-order valence-corrected chi connectivity index (χ3v) is 9.92. The molecule has 0 aliphatic carbocycles. The third kappa shape index (κ3) is 5.10. The van der Waals surface area contributed by atoms with Crippen molar-refractivity contribution in [3.8, 4) is 55.6 Å². The second-order valence-electron chi connectivity index (χ2n) is 12.9. The van der Waals surface area contributed by atoms with Crippen LogP contribution in [0.15, 0.2) is 188 Å². The summed E-state index contributed by atoms with van der Waals surface area (Å²) >= 11 is 0. The highest BCUT2D eigenvalue weighted by Gasteiger charge is 2.21. The van der Waals surface area contributed by atoms with Crippen LogP contribution in [-0.4, -0.2) is 0 Å². The molecule has 0 saturated heterocycles. The van der Waals surface area contributed by atoms with Gasteiger partial charge in [-0.25, -0.2) is 0 Å². The molecule has 0 N–H and O–H groups in total. The predicted molar refractivity (Wildman–Crippen MR) is 211 cm³/mol. The summed E-state index contributed by atoms with van der Waals surface area (Å²) in [5.41, 5.74) is 13.7. The Morgan fingerprint density at radius 2 is 0.714 bits per heavy atom. The van der Waals surface area contributed by atoms with E-state index in [9.17, 15) is 0 Å². The van der Waals surface area contributed by atoms with Crippen LogP contribution in [0.2, 0.25) is 0 Å². The Hall–Kier alpha value is -6.24.